The first-order valence-electron chi connectivity index (χ1n) is 9.23. The van der Waals surface area contributed by atoms with E-state index in [4.69, 9.17) is 0 Å². The number of piperidine rings is 1. The molecule has 26 heavy (non-hydrogen) atoms. The molecule has 1 aliphatic rings. The molecule has 144 valence electrons. The predicted octanol–water partition coefficient (Wildman–Crippen LogP) is 0.492. The van der Waals surface area contributed by atoms with Crippen molar-refractivity contribution in [2.45, 2.75) is 32.2 Å². The van der Waals surface area contributed by atoms with Gasteiger partial charge in [-0.2, -0.15) is 4.31 Å². The van der Waals surface area contributed by atoms with E-state index in [2.05, 4.69) is 12.2 Å². The second-order valence-electron chi connectivity index (χ2n) is 6.86. The highest BCUT2D eigenvalue weighted by Crippen LogP contribution is 2.07. The number of benzene rings is 1. The zero-order valence-electron chi connectivity index (χ0n) is 15.6. The van der Waals surface area contributed by atoms with Crippen LogP contribution >= 0.6 is 0 Å². The van der Waals surface area contributed by atoms with Gasteiger partial charge in [0.05, 0.1) is 26.2 Å². The standard InChI is InChI=1S/C19H29N3O3S/c1-3-12-22-13-9-18(10-14-22)20-19(23)16-21(2)26(24,25)15-11-17-7-5-4-6-8-17/h4-8,11,15,18H,3,9-10,12-14,16H2,1-2H3,(H,20,23)/p+1/b15-11+. The Kier molecular flexibility index (Phi) is 7.81. The third-order valence-corrected chi connectivity index (χ3v) is 6.17. The molecule has 1 aromatic rings. The Balaban J connectivity index is 1.81. The number of carbonyl (C=O) groups excluding carboxylic acids is 1. The molecule has 1 aliphatic heterocycles. The Morgan fingerprint density at radius 3 is 2.54 bits per heavy atom. The van der Waals surface area contributed by atoms with Gasteiger partial charge in [-0.1, -0.05) is 37.3 Å². The Bertz CT molecular complexity index is 696. The molecule has 0 aromatic heterocycles. The van der Waals surface area contributed by atoms with Crippen LogP contribution in [0, 0.1) is 0 Å². The van der Waals surface area contributed by atoms with Gasteiger partial charge in [-0.15, -0.1) is 0 Å². The Hall–Kier alpha value is -1.70. The first kappa shape index (κ1) is 20.6. The fraction of sp³-hybridized carbons (Fsp3) is 0.526. The summed E-state index contributed by atoms with van der Waals surface area (Å²) < 4.78 is 25.7. The van der Waals surface area contributed by atoms with Crippen LogP contribution in [0.4, 0.5) is 0 Å². The Labute approximate surface area is 156 Å². The topological polar surface area (TPSA) is 70.9 Å². The molecule has 0 spiro atoms. The van der Waals surface area contributed by atoms with Gasteiger partial charge in [-0.25, -0.2) is 8.42 Å². The summed E-state index contributed by atoms with van der Waals surface area (Å²) in [5.41, 5.74) is 0.801. The van der Waals surface area contributed by atoms with Crippen molar-refractivity contribution in [3.05, 3.63) is 41.3 Å². The minimum Gasteiger partial charge on any atom is -0.352 e. The van der Waals surface area contributed by atoms with Gasteiger partial charge in [-0.05, 0) is 18.1 Å². The SMILES string of the molecule is CCC[NH+]1CCC(NC(=O)CN(C)S(=O)(=O)/C=C/c2ccccc2)CC1. The van der Waals surface area contributed by atoms with Gasteiger partial charge in [0.2, 0.25) is 15.9 Å². The predicted molar refractivity (Wildman–Crippen MR) is 104 cm³/mol. The number of quaternary nitrogens is 1. The Morgan fingerprint density at radius 2 is 1.92 bits per heavy atom. The summed E-state index contributed by atoms with van der Waals surface area (Å²) >= 11 is 0. The molecule has 0 aliphatic carbocycles. The highest BCUT2D eigenvalue weighted by atomic mass is 32.2. The smallest absolute Gasteiger partial charge is 0.236 e. The zero-order chi connectivity index (χ0) is 19.0. The van der Waals surface area contributed by atoms with E-state index < -0.39 is 10.0 Å². The van der Waals surface area contributed by atoms with Crippen LogP contribution < -0.4 is 10.2 Å². The maximum atomic E-state index is 12.3. The minimum atomic E-state index is -3.62. The van der Waals surface area contributed by atoms with Crippen LogP contribution in [0.2, 0.25) is 0 Å². The van der Waals surface area contributed by atoms with Crippen molar-refractivity contribution >= 4 is 22.0 Å². The summed E-state index contributed by atoms with van der Waals surface area (Å²) in [6.45, 7) is 5.32. The van der Waals surface area contributed by atoms with E-state index in [9.17, 15) is 13.2 Å². The number of amides is 1. The molecule has 0 radical (unpaired) electrons. The summed E-state index contributed by atoms with van der Waals surface area (Å²) in [7, 11) is -2.19. The lowest BCUT2D eigenvalue weighted by molar-refractivity contribution is -0.905. The average molecular weight is 381 g/mol. The van der Waals surface area contributed by atoms with Crippen LogP contribution in [0.5, 0.6) is 0 Å². The zero-order valence-corrected chi connectivity index (χ0v) is 16.5. The fourth-order valence-corrected chi connectivity index (χ4v) is 4.01. The van der Waals surface area contributed by atoms with Crippen LogP contribution in [-0.2, 0) is 14.8 Å². The number of nitrogens with zero attached hydrogens (tertiary/aromatic N) is 1. The Morgan fingerprint density at radius 1 is 1.27 bits per heavy atom. The van der Waals surface area contributed by atoms with Crippen molar-refractivity contribution < 1.29 is 18.1 Å². The third kappa shape index (κ3) is 6.55. The maximum absolute atomic E-state index is 12.3. The molecule has 1 amide bonds. The van der Waals surface area contributed by atoms with Crippen LogP contribution in [-0.4, -0.2) is 57.9 Å². The van der Waals surface area contributed by atoms with Crippen LogP contribution in [0.1, 0.15) is 31.7 Å². The van der Waals surface area contributed by atoms with Crippen molar-refractivity contribution in [2.75, 3.05) is 33.2 Å². The van der Waals surface area contributed by atoms with E-state index in [1.54, 1.807) is 4.90 Å². The third-order valence-electron chi connectivity index (χ3n) is 4.69. The van der Waals surface area contributed by atoms with E-state index in [0.717, 1.165) is 41.2 Å². The first-order valence-corrected chi connectivity index (χ1v) is 10.7. The molecule has 7 heteroatoms. The van der Waals surface area contributed by atoms with Gasteiger partial charge in [0, 0.05) is 31.3 Å². The highest BCUT2D eigenvalue weighted by molar-refractivity contribution is 7.92. The molecule has 1 fully saturated rings. The van der Waals surface area contributed by atoms with Crippen molar-refractivity contribution in [1.82, 2.24) is 9.62 Å². The van der Waals surface area contributed by atoms with Crippen LogP contribution in [0.15, 0.2) is 35.7 Å². The molecular formula is C19H30N3O3S+. The molecule has 0 bridgehead atoms. The molecule has 2 N–H and O–H groups in total. The van der Waals surface area contributed by atoms with Gasteiger partial charge in [0.15, 0.2) is 0 Å². The molecule has 0 unspecified atom stereocenters. The van der Waals surface area contributed by atoms with Crippen molar-refractivity contribution in [2.24, 2.45) is 0 Å². The van der Waals surface area contributed by atoms with E-state index in [0.29, 0.717) is 0 Å². The number of likely N-dealkylation sites (tertiary alicyclic amines) is 1. The lowest BCUT2D eigenvalue weighted by Gasteiger charge is -2.29. The van der Waals surface area contributed by atoms with E-state index >= 15 is 0 Å². The number of hydrogen-bond donors (Lipinski definition) is 2. The highest BCUT2D eigenvalue weighted by Gasteiger charge is 2.24. The number of rotatable bonds is 8. The summed E-state index contributed by atoms with van der Waals surface area (Å²) in [6.07, 6.45) is 4.61. The summed E-state index contributed by atoms with van der Waals surface area (Å²) in [5, 5.41) is 4.12. The molecular weight excluding hydrogens is 350 g/mol. The molecule has 0 atom stereocenters. The monoisotopic (exact) mass is 380 g/mol. The summed E-state index contributed by atoms with van der Waals surface area (Å²) in [4.78, 5) is 13.8. The lowest BCUT2D eigenvalue weighted by Crippen LogP contribution is -3.13. The number of carbonyl (C=O) groups is 1. The largest absolute Gasteiger partial charge is 0.352 e. The van der Waals surface area contributed by atoms with Gasteiger partial charge >= 0.3 is 0 Å². The van der Waals surface area contributed by atoms with Gasteiger partial charge < -0.3 is 10.2 Å². The van der Waals surface area contributed by atoms with Gasteiger partial charge in [0.1, 0.15) is 0 Å². The van der Waals surface area contributed by atoms with Crippen LogP contribution in [0.3, 0.4) is 0 Å². The fourth-order valence-electron chi connectivity index (χ4n) is 3.17. The molecule has 2 rings (SSSR count). The lowest BCUT2D eigenvalue weighted by atomic mass is 10.0. The second-order valence-corrected chi connectivity index (χ2v) is 8.78. The molecule has 0 saturated carbocycles. The molecule has 6 nitrogen and oxygen atoms in total. The number of hydrogen-bond acceptors (Lipinski definition) is 3. The van der Waals surface area contributed by atoms with Crippen molar-refractivity contribution in [3.8, 4) is 0 Å². The summed E-state index contributed by atoms with van der Waals surface area (Å²) in [5.74, 6) is -0.242. The number of nitrogens with one attached hydrogen (secondary N) is 2. The van der Waals surface area contributed by atoms with E-state index in [1.807, 2.05) is 30.3 Å². The van der Waals surface area contributed by atoms with Gasteiger partial charge in [-0.3, -0.25) is 4.79 Å². The van der Waals surface area contributed by atoms with Crippen molar-refractivity contribution in [1.29, 1.82) is 0 Å². The normalized spacial score (nSPS) is 21.2. The second kappa shape index (κ2) is 9.85. The first-order chi connectivity index (χ1) is 12.4. The molecule has 1 saturated heterocycles. The number of sulfonamides is 1. The maximum Gasteiger partial charge on any atom is 0.236 e. The average Bonchev–Trinajstić information content (AvgIpc) is 2.63. The van der Waals surface area contributed by atoms with Gasteiger partial charge in [0.25, 0.3) is 0 Å². The number of likely N-dealkylation sites (N-methyl/N-ethyl adjacent to an activating group) is 1. The van der Waals surface area contributed by atoms with Crippen LogP contribution in [0.25, 0.3) is 6.08 Å². The quantitative estimate of drug-likeness (QED) is 0.690. The van der Waals surface area contributed by atoms with E-state index in [1.165, 1.54) is 26.1 Å². The minimum absolute atomic E-state index is 0.152. The van der Waals surface area contributed by atoms with Crippen molar-refractivity contribution in [3.63, 3.8) is 0 Å². The van der Waals surface area contributed by atoms with E-state index in [-0.39, 0.29) is 18.5 Å². The summed E-state index contributed by atoms with van der Waals surface area (Å²) in [6, 6.07) is 9.36. The molecule has 1 aromatic carbocycles. The molecule has 1 heterocycles.